The molecule has 0 spiro atoms. The van der Waals surface area contributed by atoms with Crippen LogP contribution >= 0.6 is 0 Å². The molecule has 1 aliphatic rings. The topological polar surface area (TPSA) is 175 Å². The number of nitrogens with one attached hydrogen (secondary N) is 1. The van der Waals surface area contributed by atoms with Crippen molar-refractivity contribution in [2.24, 2.45) is 0 Å². The summed E-state index contributed by atoms with van der Waals surface area (Å²) in [5, 5.41) is 54.3. The van der Waals surface area contributed by atoms with Gasteiger partial charge in [-0.2, -0.15) is 0 Å². The summed E-state index contributed by atoms with van der Waals surface area (Å²) in [6.07, 6.45) is 71.8. The van der Waals surface area contributed by atoms with Crippen molar-refractivity contribution in [3.8, 4) is 0 Å². The maximum absolute atomic E-state index is 13.0. The first-order valence-electron chi connectivity index (χ1n) is 36.8. The molecule has 1 heterocycles. The van der Waals surface area contributed by atoms with Gasteiger partial charge in [-0.3, -0.25) is 9.59 Å². The highest BCUT2D eigenvalue weighted by atomic mass is 16.7. The molecule has 6 N–H and O–H groups in total. The van der Waals surface area contributed by atoms with E-state index in [4.69, 9.17) is 14.2 Å². The number of rotatable bonds is 65. The lowest BCUT2D eigenvalue weighted by atomic mass is 9.99. The second-order valence-corrected chi connectivity index (χ2v) is 25.7. The number of unbranched alkanes of at least 4 members (excludes halogenated alkanes) is 47. The number of amides is 1. The van der Waals surface area contributed by atoms with E-state index in [-0.39, 0.29) is 18.5 Å². The monoisotopic (exact) mass is 1200 g/mol. The van der Waals surface area contributed by atoms with Gasteiger partial charge in [-0.05, 0) is 57.8 Å². The van der Waals surface area contributed by atoms with Crippen LogP contribution in [0, 0.1) is 0 Å². The molecule has 0 aromatic heterocycles. The number of aliphatic hydroxyl groups excluding tert-OH is 5. The number of hydrogen-bond acceptors (Lipinski definition) is 10. The number of ether oxygens (including phenoxy) is 3. The summed E-state index contributed by atoms with van der Waals surface area (Å²) < 4.78 is 16.7. The van der Waals surface area contributed by atoms with Crippen LogP contribution in [0.4, 0.5) is 0 Å². The van der Waals surface area contributed by atoms with Crippen LogP contribution in [0.1, 0.15) is 361 Å². The predicted molar refractivity (Wildman–Crippen MR) is 357 cm³/mol. The van der Waals surface area contributed by atoms with Gasteiger partial charge in [-0.1, -0.05) is 326 Å². The van der Waals surface area contributed by atoms with E-state index >= 15 is 0 Å². The molecule has 0 aromatic rings. The van der Waals surface area contributed by atoms with Gasteiger partial charge in [0, 0.05) is 12.8 Å². The van der Waals surface area contributed by atoms with Crippen LogP contribution in [0.5, 0.6) is 0 Å². The van der Waals surface area contributed by atoms with Crippen LogP contribution in [-0.2, 0) is 23.8 Å². The zero-order valence-electron chi connectivity index (χ0n) is 55.6. The van der Waals surface area contributed by atoms with Gasteiger partial charge in [-0.25, -0.2) is 0 Å². The highest BCUT2D eigenvalue weighted by Crippen LogP contribution is 2.24. The minimum atomic E-state index is -1.57. The Hall–Kier alpha value is -2.12. The fourth-order valence-electron chi connectivity index (χ4n) is 11.7. The Bertz CT molecular complexity index is 1510. The average Bonchev–Trinajstić information content (AvgIpc) is 3.50. The molecule has 1 fully saturated rings. The summed E-state index contributed by atoms with van der Waals surface area (Å²) in [5.74, 6) is -0.176. The molecule has 11 nitrogen and oxygen atoms in total. The van der Waals surface area contributed by atoms with E-state index in [1.807, 2.05) is 6.08 Å². The summed E-state index contributed by atoms with van der Waals surface area (Å²) in [6.45, 7) is 4.28. The summed E-state index contributed by atoms with van der Waals surface area (Å²) >= 11 is 0. The van der Waals surface area contributed by atoms with Crippen molar-refractivity contribution in [1.29, 1.82) is 0 Å². The molecule has 0 bridgehead atoms. The molecule has 0 radical (unpaired) electrons. The van der Waals surface area contributed by atoms with Gasteiger partial charge in [0.2, 0.25) is 5.91 Å². The molecule has 85 heavy (non-hydrogen) atoms. The molecule has 500 valence electrons. The van der Waals surface area contributed by atoms with Crippen LogP contribution in [0.15, 0.2) is 36.5 Å². The first-order valence-corrected chi connectivity index (χ1v) is 36.8. The average molecular weight is 1200 g/mol. The third kappa shape index (κ3) is 52.4. The second-order valence-electron chi connectivity index (χ2n) is 25.7. The van der Waals surface area contributed by atoms with Crippen LogP contribution in [-0.4, -0.2) is 100 Å². The SMILES string of the molecule is CCC/C=C\C/C=C\CCCCCCCC(=O)OCCCCCCCCCCCCCCCCCCCCCCCCCCCCCCCCCCCCCC(=O)NC(COC1OC(CO)C(O)C(O)C1O)C(O)/C=C/CCCCCCCCC. The van der Waals surface area contributed by atoms with Gasteiger partial charge in [0.25, 0.3) is 0 Å². The normalized spacial score (nSPS) is 18.1. The lowest BCUT2D eigenvalue weighted by Gasteiger charge is -2.40. The number of carbonyl (C=O) groups excluding carboxylic acids is 2. The minimum Gasteiger partial charge on any atom is -0.466 e. The van der Waals surface area contributed by atoms with Crippen molar-refractivity contribution in [1.82, 2.24) is 5.32 Å². The molecule has 11 heteroatoms. The first kappa shape index (κ1) is 80.9. The third-order valence-corrected chi connectivity index (χ3v) is 17.5. The van der Waals surface area contributed by atoms with Crippen LogP contribution in [0.3, 0.4) is 0 Å². The predicted octanol–water partition coefficient (Wildman–Crippen LogP) is 19.0. The van der Waals surface area contributed by atoms with Crippen LogP contribution < -0.4 is 5.32 Å². The Balaban J connectivity index is 1.87. The first-order chi connectivity index (χ1) is 41.7. The minimum absolute atomic E-state index is 0.000662. The molecule has 1 amide bonds. The number of aliphatic hydroxyl groups is 5. The van der Waals surface area contributed by atoms with E-state index in [2.05, 4.69) is 43.5 Å². The summed E-state index contributed by atoms with van der Waals surface area (Å²) in [5.41, 5.74) is 0. The lowest BCUT2D eigenvalue weighted by molar-refractivity contribution is -0.302. The zero-order valence-corrected chi connectivity index (χ0v) is 55.6. The Morgan fingerprint density at radius 3 is 1.24 bits per heavy atom. The Kier molecular flexibility index (Phi) is 60.4. The van der Waals surface area contributed by atoms with Crippen LogP contribution in [0.2, 0.25) is 0 Å². The van der Waals surface area contributed by atoms with Gasteiger partial charge in [0.1, 0.15) is 24.4 Å². The Morgan fingerprint density at radius 1 is 0.435 bits per heavy atom. The van der Waals surface area contributed by atoms with Crippen molar-refractivity contribution in [3.63, 3.8) is 0 Å². The van der Waals surface area contributed by atoms with Gasteiger partial charge in [0.05, 0.1) is 32.0 Å². The molecular weight excluding hydrogens is 1060 g/mol. The van der Waals surface area contributed by atoms with Crippen molar-refractivity contribution >= 4 is 11.9 Å². The van der Waals surface area contributed by atoms with E-state index in [1.54, 1.807) is 6.08 Å². The van der Waals surface area contributed by atoms with Gasteiger partial charge < -0.3 is 45.1 Å². The van der Waals surface area contributed by atoms with Gasteiger partial charge >= 0.3 is 5.97 Å². The smallest absolute Gasteiger partial charge is 0.305 e. The highest BCUT2D eigenvalue weighted by Gasteiger charge is 2.44. The quantitative estimate of drug-likeness (QED) is 0.0195. The van der Waals surface area contributed by atoms with Crippen molar-refractivity contribution < 1.29 is 49.3 Å². The van der Waals surface area contributed by atoms with E-state index in [0.29, 0.717) is 19.4 Å². The summed E-state index contributed by atoms with van der Waals surface area (Å²) in [4.78, 5) is 25.1. The molecule has 1 aliphatic heterocycles. The summed E-state index contributed by atoms with van der Waals surface area (Å²) in [7, 11) is 0. The van der Waals surface area contributed by atoms with Crippen LogP contribution in [0.25, 0.3) is 0 Å². The fourth-order valence-corrected chi connectivity index (χ4v) is 11.7. The van der Waals surface area contributed by atoms with Gasteiger partial charge in [0.15, 0.2) is 6.29 Å². The molecule has 0 aromatic carbocycles. The maximum Gasteiger partial charge on any atom is 0.305 e. The second kappa shape index (κ2) is 63.4. The van der Waals surface area contributed by atoms with Crippen molar-refractivity contribution in [2.75, 3.05) is 19.8 Å². The van der Waals surface area contributed by atoms with E-state index in [0.717, 1.165) is 64.2 Å². The molecule has 7 unspecified atom stereocenters. The number of esters is 1. The third-order valence-electron chi connectivity index (χ3n) is 17.5. The lowest BCUT2D eigenvalue weighted by Crippen LogP contribution is -2.60. The van der Waals surface area contributed by atoms with Crippen molar-refractivity contribution in [2.45, 2.75) is 403 Å². The van der Waals surface area contributed by atoms with Crippen molar-refractivity contribution in [3.05, 3.63) is 36.5 Å². The molecule has 1 saturated heterocycles. The highest BCUT2D eigenvalue weighted by molar-refractivity contribution is 5.76. The summed E-state index contributed by atoms with van der Waals surface area (Å²) in [6, 6.07) is -0.804. The number of carbonyl (C=O) groups is 2. The van der Waals surface area contributed by atoms with Gasteiger partial charge in [-0.15, -0.1) is 0 Å². The zero-order chi connectivity index (χ0) is 61.6. The standard InChI is InChI=1S/C74H139NO10/c1-3-5-7-9-11-13-14-38-42-46-50-54-58-62-70(79)83-63-59-55-51-47-43-40-37-35-33-31-29-27-25-23-21-19-17-15-16-18-20-22-24-26-28-30-32-34-36-39-41-45-49-53-57-61-69(78)75-66(67(77)60-56-52-48-44-12-10-8-6-4-2)65-84-74-73(82)72(81)71(80)68(64-76)85-74/h7,9,13-14,56,60,66-68,71-74,76-77,80-82H,3-6,8,10-12,15-55,57-59,61-65H2,1-2H3,(H,75,78)/b9-7-,14-13-,60-56+. The molecular formula is C74H139NO10. The fraction of sp³-hybridized carbons (Fsp3) is 0.892. The van der Waals surface area contributed by atoms with E-state index < -0.39 is 49.5 Å². The molecule has 7 atom stereocenters. The number of hydrogen-bond donors (Lipinski definition) is 6. The maximum atomic E-state index is 13.0. The largest absolute Gasteiger partial charge is 0.466 e. The molecule has 0 aliphatic carbocycles. The Labute approximate surface area is 523 Å². The Morgan fingerprint density at radius 2 is 0.812 bits per heavy atom. The van der Waals surface area contributed by atoms with E-state index in [1.165, 1.54) is 270 Å². The van der Waals surface area contributed by atoms with E-state index in [9.17, 15) is 35.1 Å². The molecule has 1 rings (SSSR count). The number of allylic oxidation sites excluding steroid dienone is 5. The molecule has 0 saturated carbocycles.